The zero-order valence-corrected chi connectivity index (χ0v) is 23.0. The Morgan fingerprint density at radius 3 is 2.11 bits per heavy atom. The summed E-state index contributed by atoms with van der Waals surface area (Å²) in [6.07, 6.45) is 8.92. The third-order valence-electron chi connectivity index (χ3n) is 7.20. The Hall–Kier alpha value is -3.63. The molecule has 0 aliphatic heterocycles. The molecule has 4 nitrogen and oxygen atoms in total. The molecule has 38 heavy (non-hydrogen) atoms. The molecule has 0 saturated heterocycles. The SMILES string of the molecule is C=C(NC(=C)c1cncc(OC(C)C)c1)c1ccc(C(=C2CCC(CCO)CC2)c2ccc(C)cc2)cc1. The van der Waals surface area contributed by atoms with Crippen LogP contribution in [0.15, 0.2) is 85.7 Å². The van der Waals surface area contributed by atoms with Gasteiger partial charge >= 0.3 is 0 Å². The van der Waals surface area contributed by atoms with E-state index in [1.165, 1.54) is 27.8 Å². The van der Waals surface area contributed by atoms with Crippen molar-refractivity contribution in [3.05, 3.63) is 114 Å². The van der Waals surface area contributed by atoms with Crippen LogP contribution in [0.4, 0.5) is 0 Å². The molecule has 1 fully saturated rings. The van der Waals surface area contributed by atoms with Crippen molar-refractivity contribution in [2.45, 2.75) is 59.0 Å². The number of allylic oxidation sites excluding steroid dienone is 1. The fourth-order valence-corrected chi connectivity index (χ4v) is 5.13. The Morgan fingerprint density at radius 2 is 1.50 bits per heavy atom. The third kappa shape index (κ3) is 7.02. The quantitative estimate of drug-likeness (QED) is 0.294. The summed E-state index contributed by atoms with van der Waals surface area (Å²) in [7, 11) is 0. The number of aryl methyl sites for hydroxylation is 1. The molecule has 0 spiro atoms. The van der Waals surface area contributed by atoms with Gasteiger partial charge in [-0.25, -0.2) is 0 Å². The van der Waals surface area contributed by atoms with Crippen LogP contribution in [-0.2, 0) is 0 Å². The van der Waals surface area contributed by atoms with Crippen molar-refractivity contribution in [3.8, 4) is 5.75 Å². The van der Waals surface area contributed by atoms with E-state index in [1.807, 2.05) is 19.9 Å². The monoisotopic (exact) mass is 508 g/mol. The van der Waals surface area contributed by atoms with Crippen molar-refractivity contribution in [1.29, 1.82) is 0 Å². The second kappa shape index (κ2) is 12.7. The molecule has 1 heterocycles. The van der Waals surface area contributed by atoms with Crippen LogP contribution in [0.3, 0.4) is 0 Å². The van der Waals surface area contributed by atoms with E-state index < -0.39 is 0 Å². The predicted molar refractivity (Wildman–Crippen MR) is 159 cm³/mol. The molecular formula is C34H40N2O2. The first-order valence-corrected chi connectivity index (χ1v) is 13.6. The van der Waals surface area contributed by atoms with Gasteiger partial charge in [-0.1, -0.05) is 72.8 Å². The Bertz CT molecular complexity index is 1280. The number of rotatable bonds is 10. The van der Waals surface area contributed by atoms with Crippen LogP contribution in [-0.4, -0.2) is 22.8 Å². The number of ether oxygens (including phenoxy) is 1. The van der Waals surface area contributed by atoms with Crippen molar-refractivity contribution in [2.24, 2.45) is 5.92 Å². The Kier molecular flexibility index (Phi) is 9.19. The molecule has 3 aromatic rings. The smallest absolute Gasteiger partial charge is 0.138 e. The number of hydrogen-bond donors (Lipinski definition) is 2. The second-order valence-electron chi connectivity index (χ2n) is 10.5. The second-order valence-corrected chi connectivity index (χ2v) is 10.5. The molecule has 1 aliphatic carbocycles. The summed E-state index contributed by atoms with van der Waals surface area (Å²) in [5.74, 6) is 1.35. The largest absolute Gasteiger partial charge is 0.489 e. The van der Waals surface area contributed by atoms with E-state index in [-0.39, 0.29) is 12.7 Å². The highest BCUT2D eigenvalue weighted by Gasteiger charge is 2.20. The highest BCUT2D eigenvalue weighted by atomic mass is 16.5. The lowest BCUT2D eigenvalue weighted by Gasteiger charge is -2.26. The predicted octanol–water partition coefficient (Wildman–Crippen LogP) is 7.78. The van der Waals surface area contributed by atoms with Gasteiger partial charge < -0.3 is 15.2 Å². The van der Waals surface area contributed by atoms with Crippen LogP contribution in [0.1, 0.15) is 73.8 Å². The van der Waals surface area contributed by atoms with Crippen LogP contribution >= 0.6 is 0 Å². The minimum absolute atomic E-state index is 0.0806. The Morgan fingerprint density at radius 1 is 0.921 bits per heavy atom. The number of nitrogens with zero attached hydrogens (tertiary/aromatic N) is 1. The molecular weight excluding hydrogens is 468 g/mol. The van der Waals surface area contributed by atoms with Gasteiger partial charge in [0.1, 0.15) is 5.75 Å². The summed E-state index contributed by atoms with van der Waals surface area (Å²) in [6.45, 7) is 14.9. The summed E-state index contributed by atoms with van der Waals surface area (Å²) < 4.78 is 5.77. The van der Waals surface area contributed by atoms with Crippen LogP contribution in [0, 0.1) is 12.8 Å². The molecule has 0 atom stereocenters. The summed E-state index contributed by atoms with van der Waals surface area (Å²) in [5.41, 5.74) is 9.99. The molecule has 0 bridgehead atoms. The van der Waals surface area contributed by atoms with Crippen LogP contribution in [0.5, 0.6) is 5.75 Å². The molecule has 198 valence electrons. The molecule has 1 saturated carbocycles. The van der Waals surface area contributed by atoms with Crippen molar-refractivity contribution < 1.29 is 9.84 Å². The number of pyridine rings is 1. The topological polar surface area (TPSA) is 54.4 Å². The van der Waals surface area contributed by atoms with Crippen molar-refractivity contribution in [3.63, 3.8) is 0 Å². The summed E-state index contributed by atoms with van der Waals surface area (Å²) >= 11 is 0. The van der Waals surface area contributed by atoms with E-state index in [1.54, 1.807) is 12.4 Å². The molecule has 0 radical (unpaired) electrons. The highest BCUT2D eigenvalue weighted by Crippen LogP contribution is 2.38. The molecule has 1 aliphatic rings. The van der Waals surface area contributed by atoms with Gasteiger partial charge in [0.25, 0.3) is 0 Å². The van der Waals surface area contributed by atoms with Gasteiger partial charge in [-0.15, -0.1) is 0 Å². The fraction of sp³-hybridized carbons (Fsp3) is 0.324. The van der Waals surface area contributed by atoms with Crippen LogP contribution in [0.25, 0.3) is 17.0 Å². The van der Waals surface area contributed by atoms with Crippen molar-refractivity contribution in [2.75, 3.05) is 6.61 Å². The Labute approximate surface area is 227 Å². The Balaban J connectivity index is 1.53. The van der Waals surface area contributed by atoms with Gasteiger partial charge in [0.15, 0.2) is 0 Å². The number of nitrogens with one attached hydrogen (secondary N) is 1. The fourth-order valence-electron chi connectivity index (χ4n) is 5.13. The number of aliphatic hydroxyl groups is 1. The first kappa shape index (κ1) is 27.4. The van der Waals surface area contributed by atoms with E-state index >= 15 is 0 Å². The molecule has 4 heteroatoms. The lowest BCUT2D eigenvalue weighted by molar-refractivity contribution is 0.240. The minimum atomic E-state index is 0.0806. The summed E-state index contributed by atoms with van der Waals surface area (Å²) in [5, 5.41) is 12.7. The highest BCUT2D eigenvalue weighted by molar-refractivity contribution is 5.83. The van der Waals surface area contributed by atoms with Gasteiger partial charge in [0.05, 0.1) is 12.3 Å². The van der Waals surface area contributed by atoms with Crippen LogP contribution in [0.2, 0.25) is 0 Å². The van der Waals surface area contributed by atoms with Gasteiger partial charge in [-0.05, 0) is 87.1 Å². The minimum Gasteiger partial charge on any atom is -0.489 e. The van der Waals surface area contributed by atoms with E-state index in [0.29, 0.717) is 5.92 Å². The maximum absolute atomic E-state index is 9.37. The number of hydrogen-bond acceptors (Lipinski definition) is 4. The molecule has 2 N–H and O–H groups in total. The van der Waals surface area contributed by atoms with Crippen molar-refractivity contribution in [1.82, 2.24) is 10.3 Å². The molecule has 0 unspecified atom stereocenters. The normalized spacial score (nSPS) is 15.3. The lowest BCUT2D eigenvalue weighted by Crippen LogP contribution is -2.11. The average molecular weight is 509 g/mol. The standard InChI is InChI=1S/C34H40N2O2/c1-23(2)38-33-20-32(21-35-22-33)26(5)36-25(4)28-14-16-31(17-15-28)34(29-10-6-24(3)7-11-29)30-12-8-27(9-13-30)18-19-37/h6-7,10-11,14-17,20-23,27,36-37H,4-5,8-9,12-13,18-19H2,1-3H3. The molecule has 2 aromatic carbocycles. The first-order chi connectivity index (χ1) is 18.3. The zero-order valence-electron chi connectivity index (χ0n) is 23.0. The van der Waals surface area contributed by atoms with Crippen molar-refractivity contribution >= 4 is 17.0 Å². The number of aliphatic hydroxyl groups excluding tert-OH is 1. The van der Waals surface area contributed by atoms with E-state index in [9.17, 15) is 5.11 Å². The van der Waals surface area contributed by atoms with E-state index in [2.05, 4.69) is 78.9 Å². The molecule has 4 rings (SSSR count). The van der Waals surface area contributed by atoms with Gasteiger partial charge in [-0.2, -0.15) is 0 Å². The first-order valence-electron chi connectivity index (χ1n) is 13.6. The number of benzene rings is 2. The lowest BCUT2D eigenvalue weighted by atomic mass is 9.79. The summed E-state index contributed by atoms with van der Waals surface area (Å²) in [4.78, 5) is 4.29. The maximum atomic E-state index is 9.37. The average Bonchev–Trinajstić information content (AvgIpc) is 2.91. The van der Waals surface area contributed by atoms with Crippen LogP contribution < -0.4 is 10.1 Å². The number of aromatic nitrogens is 1. The third-order valence-corrected chi connectivity index (χ3v) is 7.20. The summed E-state index contributed by atoms with van der Waals surface area (Å²) in [6, 6.07) is 19.4. The molecule has 1 aromatic heterocycles. The maximum Gasteiger partial charge on any atom is 0.138 e. The van der Waals surface area contributed by atoms with Gasteiger partial charge in [-0.3, -0.25) is 4.98 Å². The van der Waals surface area contributed by atoms with Gasteiger partial charge in [0.2, 0.25) is 0 Å². The van der Waals surface area contributed by atoms with E-state index in [4.69, 9.17) is 4.74 Å². The zero-order chi connectivity index (χ0) is 27.1. The van der Waals surface area contributed by atoms with E-state index in [0.717, 1.165) is 60.4 Å². The molecule has 0 amide bonds. The van der Waals surface area contributed by atoms with Gasteiger partial charge in [0, 0.05) is 29.8 Å².